The highest BCUT2D eigenvalue weighted by molar-refractivity contribution is 5.88. The fourth-order valence-corrected chi connectivity index (χ4v) is 2.94. The van der Waals surface area contributed by atoms with E-state index in [4.69, 9.17) is 5.11 Å². The van der Waals surface area contributed by atoms with Crippen LogP contribution in [0.25, 0.3) is 0 Å². The first kappa shape index (κ1) is 15.3. The maximum atomic E-state index is 12.4. The van der Waals surface area contributed by atoms with Gasteiger partial charge in [-0.1, -0.05) is 6.07 Å². The third-order valence-corrected chi connectivity index (χ3v) is 4.34. The van der Waals surface area contributed by atoms with E-state index in [2.05, 4.69) is 5.10 Å². The molecule has 1 amide bonds. The van der Waals surface area contributed by atoms with E-state index in [1.165, 1.54) is 0 Å². The topological polar surface area (TPSA) is 75.4 Å². The normalized spacial score (nSPS) is 13.7. The van der Waals surface area contributed by atoms with Crippen molar-refractivity contribution < 1.29 is 14.7 Å². The largest absolute Gasteiger partial charge is 0.478 e. The van der Waals surface area contributed by atoms with Crippen molar-refractivity contribution in [3.63, 3.8) is 0 Å². The smallest absolute Gasteiger partial charge is 0.335 e. The first-order valence-corrected chi connectivity index (χ1v) is 7.64. The second-order valence-electron chi connectivity index (χ2n) is 5.80. The lowest BCUT2D eigenvalue weighted by Crippen LogP contribution is -2.36. The SMILES string of the molecule is Cn1nccc1CCC(=O)N1CCc2ccc(C(=O)O)cc2C1. The molecule has 1 aliphatic rings. The van der Waals surface area contributed by atoms with Gasteiger partial charge in [-0.05, 0) is 42.2 Å². The average Bonchev–Trinajstić information content (AvgIpc) is 2.96. The average molecular weight is 313 g/mol. The van der Waals surface area contributed by atoms with Crippen LogP contribution in [0.3, 0.4) is 0 Å². The third-order valence-electron chi connectivity index (χ3n) is 4.34. The summed E-state index contributed by atoms with van der Waals surface area (Å²) in [5.74, 6) is -0.843. The first-order valence-electron chi connectivity index (χ1n) is 7.64. The number of carbonyl (C=O) groups is 2. The molecule has 0 atom stereocenters. The Morgan fingerprint density at radius 3 is 2.78 bits per heavy atom. The molecule has 120 valence electrons. The monoisotopic (exact) mass is 313 g/mol. The van der Waals surface area contributed by atoms with Crippen molar-refractivity contribution in [2.45, 2.75) is 25.8 Å². The summed E-state index contributed by atoms with van der Waals surface area (Å²) in [4.78, 5) is 25.3. The molecule has 0 saturated carbocycles. The number of hydrogen-bond donors (Lipinski definition) is 1. The Morgan fingerprint density at radius 2 is 2.09 bits per heavy atom. The molecule has 6 heteroatoms. The molecule has 2 heterocycles. The molecule has 1 aromatic heterocycles. The van der Waals surface area contributed by atoms with Gasteiger partial charge in [0.15, 0.2) is 0 Å². The van der Waals surface area contributed by atoms with E-state index < -0.39 is 5.97 Å². The second-order valence-corrected chi connectivity index (χ2v) is 5.80. The van der Waals surface area contributed by atoms with Crippen LogP contribution in [0.1, 0.15) is 33.6 Å². The van der Waals surface area contributed by atoms with Gasteiger partial charge < -0.3 is 10.0 Å². The van der Waals surface area contributed by atoms with E-state index in [1.807, 2.05) is 24.1 Å². The number of rotatable bonds is 4. The second kappa shape index (κ2) is 6.24. The number of nitrogens with zero attached hydrogens (tertiary/aromatic N) is 3. The highest BCUT2D eigenvalue weighted by Gasteiger charge is 2.21. The van der Waals surface area contributed by atoms with E-state index in [9.17, 15) is 9.59 Å². The zero-order valence-electron chi connectivity index (χ0n) is 13.0. The predicted octanol–water partition coefficient (Wildman–Crippen LogP) is 1.64. The molecule has 1 N–H and O–H groups in total. The van der Waals surface area contributed by atoms with Gasteiger partial charge in [-0.25, -0.2) is 4.79 Å². The van der Waals surface area contributed by atoms with Gasteiger partial charge in [0.2, 0.25) is 5.91 Å². The van der Waals surface area contributed by atoms with Gasteiger partial charge in [0.25, 0.3) is 0 Å². The minimum absolute atomic E-state index is 0.0950. The standard InChI is InChI=1S/C17H19N3O3/c1-19-15(6-8-18-19)4-5-16(21)20-9-7-12-2-3-13(17(22)23)10-14(12)11-20/h2-3,6,8,10H,4-5,7,9,11H2,1H3,(H,22,23). The number of fused-ring (bicyclic) bond motifs is 1. The Bertz CT molecular complexity index is 751. The van der Waals surface area contributed by atoms with Crippen LogP contribution in [0.5, 0.6) is 0 Å². The zero-order valence-corrected chi connectivity index (χ0v) is 13.0. The molecule has 0 unspecified atom stereocenters. The van der Waals surface area contributed by atoms with Crippen LogP contribution in [-0.4, -0.2) is 38.2 Å². The van der Waals surface area contributed by atoms with E-state index in [1.54, 1.807) is 23.0 Å². The number of amides is 1. The fraction of sp³-hybridized carbons (Fsp3) is 0.353. The molecular weight excluding hydrogens is 294 g/mol. The van der Waals surface area contributed by atoms with Gasteiger partial charge in [0, 0.05) is 38.4 Å². The molecule has 0 aliphatic carbocycles. The third kappa shape index (κ3) is 3.26. The molecule has 0 fully saturated rings. The van der Waals surface area contributed by atoms with Crippen LogP contribution < -0.4 is 0 Å². The Labute approximate surface area is 134 Å². The van der Waals surface area contributed by atoms with Crippen molar-refractivity contribution in [2.75, 3.05) is 6.54 Å². The summed E-state index contributed by atoms with van der Waals surface area (Å²) in [7, 11) is 1.87. The quantitative estimate of drug-likeness (QED) is 0.931. The lowest BCUT2D eigenvalue weighted by atomic mass is 9.97. The Morgan fingerprint density at radius 1 is 1.26 bits per heavy atom. The van der Waals surface area contributed by atoms with Crippen LogP contribution in [0, 0.1) is 0 Å². The van der Waals surface area contributed by atoms with Crippen molar-refractivity contribution >= 4 is 11.9 Å². The van der Waals surface area contributed by atoms with Gasteiger partial charge in [-0.15, -0.1) is 0 Å². The summed E-state index contributed by atoms with van der Waals surface area (Å²) in [5, 5.41) is 13.2. The summed E-state index contributed by atoms with van der Waals surface area (Å²) < 4.78 is 1.78. The molecule has 1 aromatic carbocycles. The summed E-state index contributed by atoms with van der Waals surface area (Å²) in [5.41, 5.74) is 3.37. The molecule has 0 saturated heterocycles. The van der Waals surface area contributed by atoms with E-state index in [-0.39, 0.29) is 11.5 Å². The van der Waals surface area contributed by atoms with Crippen LogP contribution in [-0.2, 0) is 31.2 Å². The number of carbonyl (C=O) groups excluding carboxylic acids is 1. The minimum atomic E-state index is -0.938. The first-order chi connectivity index (χ1) is 11.0. The molecule has 2 aromatic rings. The molecule has 0 spiro atoms. The summed E-state index contributed by atoms with van der Waals surface area (Å²) >= 11 is 0. The van der Waals surface area contributed by atoms with Crippen LogP contribution in [0.15, 0.2) is 30.5 Å². The number of aryl methyl sites for hydroxylation is 2. The highest BCUT2D eigenvalue weighted by Crippen LogP contribution is 2.21. The summed E-state index contributed by atoms with van der Waals surface area (Å²) in [6.07, 6.45) is 3.60. The van der Waals surface area contributed by atoms with Gasteiger partial charge in [0.1, 0.15) is 0 Å². The predicted molar refractivity (Wildman–Crippen MR) is 84.1 cm³/mol. The molecular formula is C17H19N3O3. The number of carboxylic acid groups (broad SMARTS) is 1. The van der Waals surface area contributed by atoms with Crippen LogP contribution in [0.2, 0.25) is 0 Å². The van der Waals surface area contributed by atoms with Crippen molar-refractivity contribution in [3.8, 4) is 0 Å². The lowest BCUT2D eigenvalue weighted by Gasteiger charge is -2.29. The maximum absolute atomic E-state index is 12.4. The Kier molecular flexibility index (Phi) is 4.14. The number of hydrogen-bond acceptors (Lipinski definition) is 3. The molecule has 6 nitrogen and oxygen atoms in total. The Hall–Kier alpha value is -2.63. The van der Waals surface area contributed by atoms with Crippen LogP contribution in [0.4, 0.5) is 0 Å². The van der Waals surface area contributed by atoms with Gasteiger partial charge in [-0.2, -0.15) is 5.10 Å². The van der Waals surface area contributed by atoms with E-state index in [0.29, 0.717) is 25.9 Å². The van der Waals surface area contributed by atoms with Crippen molar-refractivity contribution in [2.24, 2.45) is 7.05 Å². The highest BCUT2D eigenvalue weighted by atomic mass is 16.4. The summed E-state index contributed by atoms with van der Waals surface area (Å²) in [6, 6.07) is 7.08. The van der Waals surface area contributed by atoms with E-state index in [0.717, 1.165) is 23.2 Å². The van der Waals surface area contributed by atoms with Gasteiger partial charge in [0.05, 0.1) is 5.56 Å². The maximum Gasteiger partial charge on any atom is 0.335 e. The van der Waals surface area contributed by atoms with Crippen molar-refractivity contribution in [1.82, 2.24) is 14.7 Å². The number of benzene rings is 1. The Balaban J connectivity index is 1.66. The molecule has 3 rings (SSSR count). The zero-order chi connectivity index (χ0) is 16.4. The number of carboxylic acids is 1. The van der Waals surface area contributed by atoms with Gasteiger partial charge in [-0.3, -0.25) is 9.48 Å². The van der Waals surface area contributed by atoms with E-state index >= 15 is 0 Å². The number of aromatic nitrogens is 2. The molecule has 0 bridgehead atoms. The van der Waals surface area contributed by atoms with Crippen molar-refractivity contribution in [1.29, 1.82) is 0 Å². The number of aromatic carboxylic acids is 1. The minimum Gasteiger partial charge on any atom is -0.478 e. The molecule has 1 aliphatic heterocycles. The van der Waals surface area contributed by atoms with Gasteiger partial charge >= 0.3 is 5.97 Å². The molecule has 0 radical (unpaired) electrons. The fourth-order valence-electron chi connectivity index (χ4n) is 2.94. The van der Waals surface area contributed by atoms with Crippen molar-refractivity contribution in [3.05, 3.63) is 52.8 Å². The molecule has 23 heavy (non-hydrogen) atoms. The lowest BCUT2D eigenvalue weighted by molar-refractivity contribution is -0.132. The van der Waals surface area contributed by atoms with Crippen LogP contribution >= 0.6 is 0 Å². The summed E-state index contributed by atoms with van der Waals surface area (Å²) in [6.45, 7) is 1.17.